The van der Waals surface area contributed by atoms with Gasteiger partial charge in [0.25, 0.3) is 0 Å². The van der Waals surface area contributed by atoms with Crippen molar-refractivity contribution in [2.45, 2.75) is 56.7 Å². The third-order valence-electron chi connectivity index (χ3n) is 3.55. The topological polar surface area (TPSA) is 130 Å². The van der Waals surface area contributed by atoms with Crippen LogP contribution in [-0.2, 0) is 16.0 Å². The fourth-order valence-corrected chi connectivity index (χ4v) is 2.21. The van der Waals surface area contributed by atoms with E-state index in [4.69, 9.17) is 9.47 Å². The highest BCUT2D eigenvalue weighted by Crippen LogP contribution is 2.23. The minimum atomic E-state index is -1.38. The molecule has 0 radical (unpaired) electrons. The highest BCUT2D eigenvalue weighted by Gasteiger charge is 2.44. The van der Waals surface area contributed by atoms with E-state index in [-0.39, 0.29) is 6.54 Å². The molecule has 6 atom stereocenters. The Morgan fingerprint density at radius 3 is 2.67 bits per heavy atom. The Hall–Kier alpha value is -1.10. The molecule has 0 spiro atoms. The van der Waals surface area contributed by atoms with Gasteiger partial charge in [-0.25, -0.2) is 4.68 Å². The third-order valence-corrected chi connectivity index (χ3v) is 3.55. The molecule has 2 rings (SSSR count). The minimum Gasteiger partial charge on any atom is -0.388 e. The van der Waals surface area contributed by atoms with Crippen LogP contribution in [0.15, 0.2) is 6.20 Å². The van der Waals surface area contributed by atoms with Crippen LogP contribution in [0.25, 0.3) is 0 Å². The number of methoxy groups -OCH3 is 1. The lowest BCUT2D eigenvalue weighted by Gasteiger charge is -2.39. The standard InChI is InChI=1S/C12H21N3O6/c1-3-7(16)6-4-15(14-13-6)5-8-9(17)10(18)11(19)12(20-2)21-8/h4,7-12,16-19H,3,5H2,1-2H3/t7?,8-,9+,10+,11-,12-/m1/s1. The Morgan fingerprint density at radius 1 is 1.33 bits per heavy atom. The van der Waals surface area contributed by atoms with Crippen molar-refractivity contribution >= 4 is 0 Å². The molecule has 1 aromatic rings. The monoisotopic (exact) mass is 303 g/mol. The van der Waals surface area contributed by atoms with E-state index in [2.05, 4.69) is 10.3 Å². The molecule has 1 aromatic heterocycles. The molecule has 2 heterocycles. The first-order chi connectivity index (χ1) is 9.97. The highest BCUT2D eigenvalue weighted by atomic mass is 16.7. The molecular weight excluding hydrogens is 282 g/mol. The van der Waals surface area contributed by atoms with Crippen molar-refractivity contribution in [3.8, 4) is 0 Å². The summed E-state index contributed by atoms with van der Waals surface area (Å²) in [5.41, 5.74) is 0.423. The van der Waals surface area contributed by atoms with Crippen molar-refractivity contribution in [1.29, 1.82) is 0 Å². The van der Waals surface area contributed by atoms with Gasteiger partial charge in [0.2, 0.25) is 0 Å². The molecule has 4 N–H and O–H groups in total. The van der Waals surface area contributed by atoms with E-state index in [0.717, 1.165) is 0 Å². The summed E-state index contributed by atoms with van der Waals surface area (Å²) in [7, 11) is 1.33. The highest BCUT2D eigenvalue weighted by molar-refractivity contribution is 4.97. The predicted octanol–water partition coefficient (Wildman–Crippen LogP) is -1.82. The van der Waals surface area contributed by atoms with Gasteiger partial charge < -0.3 is 29.9 Å². The van der Waals surface area contributed by atoms with Crippen molar-refractivity contribution in [3.05, 3.63) is 11.9 Å². The molecule has 0 amide bonds. The normalized spacial score (nSPS) is 34.9. The van der Waals surface area contributed by atoms with Crippen LogP contribution in [0.5, 0.6) is 0 Å². The minimum absolute atomic E-state index is 0.105. The zero-order valence-corrected chi connectivity index (χ0v) is 11.9. The Bertz CT molecular complexity index is 454. The maximum atomic E-state index is 9.94. The Morgan fingerprint density at radius 2 is 2.05 bits per heavy atom. The summed E-state index contributed by atoms with van der Waals surface area (Å²) in [5.74, 6) is 0. The maximum absolute atomic E-state index is 9.94. The molecule has 0 aromatic carbocycles. The molecule has 1 saturated heterocycles. The number of rotatable bonds is 5. The second-order valence-electron chi connectivity index (χ2n) is 5.04. The molecule has 0 bridgehead atoms. The Balaban J connectivity index is 2.05. The lowest BCUT2D eigenvalue weighted by atomic mass is 9.99. The first kappa shape index (κ1) is 16.3. The molecular formula is C12H21N3O6. The molecule has 1 fully saturated rings. The second kappa shape index (κ2) is 6.77. The first-order valence-corrected chi connectivity index (χ1v) is 6.78. The smallest absolute Gasteiger partial charge is 0.186 e. The molecule has 9 heteroatoms. The second-order valence-corrected chi connectivity index (χ2v) is 5.04. The number of nitrogens with zero attached hydrogens (tertiary/aromatic N) is 3. The summed E-state index contributed by atoms with van der Waals surface area (Å²) in [6, 6.07) is 0. The summed E-state index contributed by atoms with van der Waals surface area (Å²) in [6.45, 7) is 1.92. The number of ether oxygens (including phenoxy) is 2. The summed E-state index contributed by atoms with van der Waals surface area (Å²) in [5, 5.41) is 46.7. The maximum Gasteiger partial charge on any atom is 0.186 e. The van der Waals surface area contributed by atoms with Crippen LogP contribution in [0.4, 0.5) is 0 Å². The number of aliphatic hydroxyl groups is 4. The van der Waals surface area contributed by atoms with E-state index in [1.165, 1.54) is 11.8 Å². The Kier molecular flexibility index (Phi) is 5.25. The van der Waals surface area contributed by atoms with Crippen molar-refractivity contribution in [2.24, 2.45) is 0 Å². The zero-order valence-electron chi connectivity index (χ0n) is 11.9. The van der Waals surface area contributed by atoms with Gasteiger partial charge in [-0.3, -0.25) is 0 Å². The van der Waals surface area contributed by atoms with E-state index in [1.54, 1.807) is 6.20 Å². The van der Waals surface area contributed by atoms with Crippen molar-refractivity contribution < 1.29 is 29.9 Å². The zero-order chi connectivity index (χ0) is 15.6. The largest absolute Gasteiger partial charge is 0.388 e. The third kappa shape index (κ3) is 3.39. The Labute approximate surface area is 121 Å². The quantitative estimate of drug-likeness (QED) is 0.500. The van der Waals surface area contributed by atoms with Gasteiger partial charge in [-0.1, -0.05) is 12.1 Å². The molecule has 9 nitrogen and oxygen atoms in total. The first-order valence-electron chi connectivity index (χ1n) is 6.78. The average Bonchev–Trinajstić information content (AvgIpc) is 2.95. The van der Waals surface area contributed by atoms with Crippen LogP contribution in [0.3, 0.4) is 0 Å². The van der Waals surface area contributed by atoms with Gasteiger partial charge in [0.15, 0.2) is 6.29 Å². The fraction of sp³-hybridized carbons (Fsp3) is 0.833. The summed E-state index contributed by atoms with van der Waals surface area (Å²) < 4.78 is 11.7. The van der Waals surface area contributed by atoms with Gasteiger partial charge in [0, 0.05) is 7.11 Å². The summed E-state index contributed by atoms with van der Waals surface area (Å²) in [6.07, 6.45) is -4.47. The van der Waals surface area contributed by atoms with Gasteiger partial charge in [-0.15, -0.1) is 5.10 Å². The van der Waals surface area contributed by atoms with E-state index >= 15 is 0 Å². The van der Waals surface area contributed by atoms with E-state index < -0.39 is 36.8 Å². The van der Waals surface area contributed by atoms with Crippen molar-refractivity contribution in [1.82, 2.24) is 15.0 Å². The number of aromatic nitrogens is 3. The van der Waals surface area contributed by atoms with E-state index in [1.807, 2.05) is 6.92 Å². The van der Waals surface area contributed by atoms with Gasteiger partial charge in [-0.2, -0.15) is 0 Å². The van der Waals surface area contributed by atoms with Crippen LogP contribution in [0.1, 0.15) is 25.1 Å². The van der Waals surface area contributed by atoms with Gasteiger partial charge in [0.05, 0.1) is 18.8 Å². The molecule has 0 aliphatic carbocycles. The van der Waals surface area contributed by atoms with E-state index in [9.17, 15) is 20.4 Å². The van der Waals surface area contributed by atoms with Gasteiger partial charge >= 0.3 is 0 Å². The number of aliphatic hydroxyl groups excluding tert-OH is 4. The average molecular weight is 303 g/mol. The summed E-state index contributed by atoms with van der Waals surface area (Å²) >= 11 is 0. The lowest BCUT2D eigenvalue weighted by molar-refractivity contribution is -0.292. The van der Waals surface area contributed by atoms with Crippen LogP contribution < -0.4 is 0 Å². The van der Waals surface area contributed by atoms with Crippen LogP contribution >= 0.6 is 0 Å². The molecule has 1 aliphatic heterocycles. The van der Waals surface area contributed by atoms with Gasteiger partial charge in [-0.05, 0) is 6.42 Å². The van der Waals surface area contributed by atoms with Crippen molar-refractivity contribution in [3.63, 3.8) is 0 Å². The van der Waals surface area contributed by atoms with E-state index in [0.29, 0.717) is 12.1 Å². The van der Waals surface area contributed by atoms with Crippen LogP contribution in [0, 0.1) is 0 Å². The molecule has 1 aliphatic rings. The van der Waals surface area contributed by atoms with Crippen LogP contribution in [-0.4, -0.2) is 73.2 Å². The number of hydrogen-bond acceptors (Lipinski definition) is 8. The fourth-order valence-electron chi connectivity index (χ4n) is 2.21. The molecule has 1 unspecified atom stereocenters. The molecule has 21 heavy (non-hydrogen) atoms. The summed E-state index contributed by atoms with van der Waals surface area (Å²) in [4.78, 5) is 0. The lowest BCUT2D eigenvalue weighted by Crippen LogP contribution is -2.58. The SMILES string of the molecule is CCC(O)c1cn(C[C@H]2O[C@@H](OC)[C@H](O)[C@@H](O)[C@H]2O)nn1. The molecule has 0 saturated carbocycles. The van der Waals surface area contributed by atoms with Crippen molar-refractivity contribution in [2.75, 3.05) is 7.11 Å². The molecule has 120 valence electrons. The number of hydrogen-bond donors (Lipinski definition) is 4. The van der Waals surface area contributed by atoms with Gasteiger partial charge in [0.1, 0.15) is 30.1 Å². The van der Waals surface area contributed by atoms with Crippen LogP contribution in [0.2, 0.25) is 0 Å². The predicted molar refractivity (Wildman–Crippen MR) is 69.0 cm³/mol.